The van der Waals surface area contributed by atoms with Gasteiger partial charge >= 0.3 is 5.97 Å². The average Bonchev–Trinajstić information content (AvgIpc) is 2.57. The minimum atomic E-state index is -0.746. The van der Waals surface area contributed by atoms with Gasteiger partial charge in [-0.2, -0.15) is 0 Å². The minimum Gasteiger partial charge on any atom is -0.480 e. The molecule has 0 radical (unpaired) electrons. The number of carbonyl (C=O) groups is 1. The third-order valence-corrected chi connectivity index (χ3v) is 5.62. The highest BCUT2D eigenvalue weighted by Gasteiger charge is 2.47. The molecule has 1 aliphatic rings. The van der Waals surface area contributed by atoms with Crippen molar-refractivity contribution in [2.24, 2.45) is 0 Å². The number of ether oxygens (including phenoxy) is 1. The van der Waals surface area contributed by atoms with Gasteiger partial charge in [-0.05, 0) is 46.1 Å². The van der Waals surface area contributed by atoms with Crippen LogP contribution in [-0.2, 0) is 16.0 Å². The largest absolute Gasteiger partial charge is 0.480 e. The van der Waals surface area contributed by atoms with Gasteiger partial charge in [-0.1, -0.05) is 30.3 Å². The van der Waals surface area contributed by atoms with E-state index in [1.54, 1.807) is 0 Å². The van der Waals surface area contributed by atoms with Crippen molar-refractivity contribution >= 4 is 17.7 Å². The van der Waals surface area contributed by atoms with E-state index in [1.807, 2.05) is 30.3 Å². The predicted octanol–water partition coefficient (Wildman–Crippen LogP) is 3.76. The van der Waals surface area contributed by atoms with Crippen molar-refractivity contribution in [1.82, 2.24) is 0 Å². The molecule has 4 heteroatoms. The van der Waals surface area contributed by atoms with Crippen molar-refractivity contribution < 1.29 is 14.6 Å². The van der Waals surface area contributed by atoms with Gasteiger partial charge < -0.3 is 9.84 Å². The van der Waals surface area contributed by atoms with E-state index in [1.165, 1.54) is 11.8 Å². The minimum absolute atomic E-state index is 0.184. The first kappa shape index (κ1) is 16.4. The van der Waals surface area contributed by atoms with E-state index in [0.29, 0.717) is 6.42 Å². The zero-order chi connectivity index (χ0) is 15.7. The molecule has 1 aliphatic heterocycles. The van der Waals surface area contributed by atoms with Crippen molar-refractivity contribution in [2.45, 2.75) is 62.2 Å². The maximum absolute atomic E-state index is 11.6. The van der Waals surface area contributed by atoms with E-state index < -0.39 is 11.2 Å². The fourth-order valence-electron chi connectivity index (χ4n) is 2.94. The molecule has 0 aliphatic carbocycles. The van der Waals surface area contributed by atoms with E-state index in [-0.39, 0.29) is 16.5 Å². The summed E-state index contributed by atoms with van der Waals surface area (Å²) in [6.45, 7) is 8.26. The highest BCUT2D eigenvalue weighted by Crippen LogP contribution is 2.45. The molecule has 1 N–H and O–H groups in total. The van der Waals surface area contributed by atoms with Gasteiger partial charge in [-0.15, -0.1) is 11.8 Å². The van der Waals surface area contributed by atoms with Crippen LogP contribution >= 0.6 is 11.8 Å². The van der Waals surface area contributed by atoms with Crippen LogP contribution in [0.5, 0.6) is 0 Å². The number of carboxylic acid groups (broad SMARTS) is 1. The van der Waals surface area contributed by atoms with E-state index in [9.17, 15) is 9.90 Å². The molecule has 116 valence electrons. The predicted molar refractivity (Wildman–Crippen MR) is 86.8 cm³/mol. The summed E-state index contributed by atoms with van der Waals surface area (Å²) in [6.07, 6.45) is 1.43. The van der Waals surface area contributed by atoms with Crippen LogP contribution < -0.4 is 0 Å². The van der Waals surface area contributed by atoms with Crippen molar-refractivity contribution in [3.63, 3.8) is 0 Å². The highest BCUT2D eigenvalue weighted by atomic mass is 32.2. The molecule has 0 bridgehead atoms. The summed E-state index contributed by atoms with van der Waals surface area (Å²) in [5.41, 5.74) is 0.587. The van der Waals surface area contributed by atoms with Gasteiger partial charge in [0.15, 0.2) is 0 Å². The summed E-state index contributed by atoms with van der Waals surface area (Å²) in [5, 5.41) is 9.29. The van der Waals surface area contributed by atoms with Crippen LogP contribution in [0.25, 0.3) is 0 Å². The molecule has 0 saturated carbocycles. The van der Waals surface area contributed by atoms with Crippen LogP contribution in [0.2, 0.25) is 0 Å². The molecule has 2 rings (SSSR count). The van der Waals surface area contributed by atoms with Gasteiger partial charge in [0.1, 0.15) is 5.25 Å². The molecule has 0 aromatic heterocycles. The van der Waals surface area contributed by atoms with Crippen LogP contribution in [0, 0.1) is 0 Å². The Labute approximate surface area is 131 Å². The summed E-state index contributed by atoms with van der Waals surface area (Å²) < 4.78 is 6.07. The molecule has 1 fully saturated rings. The van der Waals surface area contributed by atoms with E-state index >= 15 is 0 Å². The molecule has 0 spiro atoms. The molecule has 21 heavy (non-hydrogen) atoms. The van der Waals surface area contributed by atoms with Gasteiger partial charge in [0.2, 0.25) is 0 Å². The zero-order valence-corrected chi connectivity index (χ0v) is 13.9. The van der Waals surface area contributed by atoms with E-state index in [0.717, 1.165) is 12.0 Å². The number of rotatable bonds is 5. The molecule has 2 atom stereocenters. The standard InChI is InChI=1S/C17H24O3S/c1-16(2)11-14(17(3,4)20-16)21-13(15(18)19)10-12-8-6-5-7-9-12/h5-9,13-14H,10-11H2,1-4H3,(H,18,19). The van der Waals surface area contributed by atoms with Crippen LogP contribution in [0.3, 0.4) is 0 Å². The summed E-state index contributed by atoms with van der Waals surface area (Å²) in [7, 11) is 0. The van der Waals surface area contributed by atoms with Gasteiger partial charge in [0.05, 0.1) is 11.2 Å². The van der Waals surface area contributed by atoms with Gasteiger partial charge in [-0.25, -0.2) is 0 Å². The molecule has 2 unspecified atom stereocenters. The quantitative estimate of drug-likeness (QED) is 0.899. The van der Waals surface area contributed by atoms with Crippen molar-refractivity contribution in [2.75, 3.05) is 0 Å². The fourth-order valence-corrected chi connectivity index (χ4v) is 4.62. The SMILES string of the molecule is CC1(C)CC(SC(Cc2ccccc2)C(=O)O)C(C)(C)O1. The first-order valence-corrected chi connectivity index (χ1v) is 8.26. The second-order valence-electron chi connectivity index (χ2n) is 6.81. The van der Waals surface area contributed by atoms with E-state index in [2.05, 4.69) is 27.7 Å². The molecule has 1 heterocycles. The summed E-state index contributed by atoms with van der Waals surface area (Å²) >= 11 is 1.54. The smallest absolute Gasteiger partial charge is 0.316 e. The molecule has 1 aromatic carbocycles. The monoisotopic (exact) mass is 308 g/mol. The zero-order valence-electron chi connectivity index (χ0n) is 13.1. The maximum atomic E-state index is 11.6. The lowest BCUT2D eigenvalue weighted by Crippen LogP contribution is -2.34. The summed E-state index contributed by atoms with van der Waals surface area (Å²) in [5.74, 6) is -0.746. The van der Waals surface area contributed by atoms with Gasteiger partial charge in [0.25, 0.3) is 0 Å². The summed E-state index contributed by atoms with van der Waals surface area (Å²) in [4.78, 5) is 11.6. The fraction of sp³-hybridized carbons (Fsp3) is 0.588. The number of hydrogen-bond donors (Lipinski definition) is 1. The Bertz CT molecular complexity index is 496. The van der Waals surface area contributed by atoms with Gasteiger partial charge in [0, 0.05) is 5.25 Å². The van der Waals surface area contributed by atoms with Crippen molar-refractivity contribution in [3.8, 4) is 0 Å². The third-order valence-electron chi connectivity index (χ3n) is 3.86. The molecular formula is C17H24O3S. The van der Waals surface area contributed by atoms with Gasteiger partial charge in [-0.3, -0.25) is 4.79 Å². The molecule has 0 amide bonds. The Morgan fingerprint density at radius 3 is 2.43 bits per heavy atom. The van der Waals surface area contributed by atoms with Crippen LogP contribution in [0.1, 0.15) is 39.7 Å². The molecule has 1 aromatic rings. The Morgan fingerprint density at radius 2 is 1.95 bits per heavy atom. The number of benzene rings is 1. The number of thioether (sulfide) groups is 1. The Kier molecular flexibility index (Phi) is 4.69. The number of hydrogen-bond acceptors (Lipinski definition) is 3. The molecule has 1 saturated heterocycles. The second kappa shape index (κ2) is 6.01. The maximum Gasteiger partial charge on any atom is 0.316 e. The normalized spacial score (nSPS) is 24.7. The second-order valence-corrected chi connectivity index (χ2v) is 8.22. The number of aliphatic carboxylic acids is 1. The number of carboxylic acids is 1. The first-order chi connectivity index (χ1) is 9.70. The lowest BCUT2D eigenvalue weighted by molar-refractivity contribution is -0.136. The average molecular weight is 308 g/mol. The van der Waals surface area contributed by atoms with E-state index in [4.69, 9.17) is 4.74 Å². The third kappa shape index (κ3) is 4.24. The topological polar surface area (TPSA) is 46.5 Å². The van der Waals surface area contributed by atoms with Crippen molar-refractivity contribution in [1.29, 1.82) is 0 Å². The van der Waals surface area contributed by atoms with Crippen LogP contribution in [0.4, 0.5) is 0 Å². The summed E-state index contributed by atoms with van der Waals surface area (Å²) in [6, 6.07) is 9.81. The Morgan fingerprint density at radius 1 is 1.33 bits per heavy atom. The Hall–Kier alpha value is -1.00. The molecule has 3 nitrogen and oxygen atoms in total. The first-order valence-electron chi connectivity index (χ1n) is 7.32. The van der Waals surface area contributed by atoms with Crippen LogP contribution in [-0.4, -0.2) is 32.8 Å². The highest BCUT2D eigenvalue weighted by molar-refractivity contribution is 8.01. The Balaban J connectivity index is 2.09. The van der Waals surface area contributed by atoms with Crippen molar-refractivity contribution in [3.05, 3.63) is 35.9 Å². The lowest BCUT2D eigenvalue weighted by atomic mass is 10.0. The lowest BCUT2D eigenvalue weighted by Gasteiger charge is -2.28. The molecular weight excluding hydrogens is 284 g/mol. The van der Waals surface area contributed by atoms with Crippen LogP contribution in [0.15, 0.2) is 30.3 Å².